The lowest BCUT2D eigenvalue weighted by Crippen LogP contribution is -2.39. The molecule has 33 heavy (non-hydrogen) atoms. The van der Waals surface area contributed by atoms with E-state index in [9.17, 15) is 19.5 Å². The van der Waals surface area contributed by atoms with Crippen molar-refractivity contribution in [2.45, 2.75) is 45.3 Å². The van der Waals surface area contributed by atoms with Crippen LogP contribution in [-0.4, -0.2) is 53.1 Å². The first-order chi connectivity index (χ1) is 15.7. The summed E-state index contributed by atoms with van der Waals surface area (Å²) in [5, 5.41) is 10.3. The molecule has 8 heteroatoms. The molecule has 0 bridgehead atoms. The molecule has 4 rings (SSSR count). The Morgan fingerprint density at radius 3 is 2.79 bits per heavy atom. The molecule has 0 aliphatic carbocycles. The molecule has 2 aliphatic rings. The normalized spacial score (nSPS) is 21.0. The minimum Gasteiger partial charge on any atom is -0.489 e. The van der Waals surface area contributed by atoms with Crippen LogP contribution in [0.2, 0.25) is 0 Å². The van der Waals surface area contributed by atoms with E-state index in [4.69, 9.17) is 13.9 Å². The van der Waals surface area contributed by atoms with Crippen LogP contribution in [0.5, 0.6) is 5.75 Å². The van der Waals surface area contributed by atoms with Gasteiger partial charge in [-0.2, -0.15) is 0 Å². The summed E-state index contributed by atoms with van der Waals surface area (Å²) in [7, 11) is 0. The number of ether oxygens (including phenoxy) is 2. The van der Waals surface area contributed by atoms with Crippen molar-refractivity contribution in [1.82, 2.24) is 4.90 Å². The van der Waals surface area contributed by atoms with Crippen molar-refractivity contribution in [3.63, 3.8) is 0 Å². The summed E-state index contributed by atoms with van der Waals surface area (Å²) in [6.45, 7) is 6.35. The van der Waals surface area contributed by atoms with Crippen LogP contribution in [0.25, 0.3) is 11.0 Å². The summed E-state index contributed by atoms with van der Waals surface area (Å²) in [5.74, 6) is 0.0216. The second kappa shape index (κ2) is 8.86. The number of fused-ring (bicyclic) bond motifs is 1. The van der Waals surface area contributed by atoms with Crippen molar-refractivity contribution >= 4 is 22.7 Å². The minimum absolute atomic E-state index is 0.133. The Labute approximate surface area is 191 Å². The molecular formula is C25H27NO7. The van der Waals surface area contributed by atoms with Gasteiger partial charge in [-0.25, -0.2) is 4.79 Å². The summed E-state index contributed by atoms with van der Waals surface area (Å²) in [6, 6.07) is 7.72. The van der Waals surface area contributed by atoms with Gasteiger partial charge in [-0.1, -0.05) is 0 Å². The second-order valence-corrected chi connectivity index (χ2v) is 8.87. The number of carboxylic acids is 1. The van der Waals surface area contributed by atoms with Crippen molar-refractivity contribution in [3.05, 3.63) is 63.7 Å². The number of benzene rings is 1. The summed E-state index contributed by atoms with van der Waals surface area (Å²) >= 11 is 0. The van der Waals surface area contributed by atoms with E-state index in [0.29, 0.717) is 35.6 Å². The Kier molecular flexibility index (Phi) is 6.12. The Hall–Kier alpha value is -3.39. The van der Waals surface area contributed by atoms with Crippen molar-refractivity contribution in [2.75, 3.05) is 19.7 Å². The molecule has 8 nitrogen and oxygen atoms in total. The van der Waals surface area contributed by atoms with E-state index in [0.717, 1.165) is 17.4 Å². The molecule has 3 heterocycles. The van der Waals surface area contributed by atoms with Crippen LogP contribution in [0.1, 0.15) is 33.6 Å². The van der Waals surface area contributed by atoms with Crippen molar-refractivity contribution in [3.8, 4) is 5.75 Å². The molecule has 0 spiro atoms. The Bertz CT molecular complexity index is 1220. The maximum Gasteiger partial charge on any atom is 0.336 e. The van der Waals surface area contributed by atoms with Gasteiger partial charge in [0.25, 0.3) is 0 Å². The molecule has 2 aliphatic heterocycles. The maximum absolute atomic E-state index is 13.0. The highest BCUT2D eigenvalue weighted by atomic mass is 16.5. The SMILES string of the molecule is C/C(=C\COc1ccc2ccc(=O)oc2c1)C1=C(CN2CCC[C@H]2C(=O)O)C(=O)C(C)(C)O1. The van der Waals surface area contributed by atoms with Crippen LogP contribution in [0.3, 0.4) is 0 Å². The molecule has 1 aromatic carbocycles. The van der Waals surface area contributed by atoms with Gasteiger partial charge < -0.3 is 19.0 Å². The van der Waals surface area contributed by atoms with E-state index >= 15 is 0 Å². The van der Waals surface area contributed by atoms with Gasteiger partial charge in [-0.05, 0) is 70.0 Å². The number of hydrogen-bond donors (Lipinski definition) is 1. The van der Waals surface area contributed by atoms with E-state index in [1.807, 2.05) is 17.9 Å². The molecule has 0 radical (unpaired) electrons. The van der Waals surface area contributed by atoms with Gasteiger partial charge in [0, 0.05) is 24.1 Å². The first-order valence-corrected chi connectivity index (χ1v) is 10.9. The standard InChI is InChI=1S/C25H27NO7/c1-15(10-12-31-17-8-6-16-7-9-21(27)32-20(16)13-17)22-18(23(28)25(2,3)33-22)14-26-11-4-5-19(26)24(29)30/h6-10,13,19H,4-5,11-12,14H2,1-3H3,(H,29,30)/b15-10+/t19-/m0/s1. The highest BCUT2D eigenvalue weighted by Crippen LogP contribution is 2.35. The van der Waals surface area contributed by atoms with Gasteiger partial charge in [0.15, 0.2) is 5.60 Å². The van der Waals surface area contributed by atoms with Crippen molar-refractivity contribution < 1.29 is 28.6 Å². The highest BCUT2D eigenvalue weighted by Gasteiger charge is 2.44. The number of allylic oxidation sites excluding steroid dienone is 1. The van der Waals surface area contributed by atoms with Gasteiger partial charge in [0.05, 0.1) is 5.57 Å². The first-order valence-electron chi connectivity index (χ1n) is 10.9. The third-order valence-electron chi connectivity index (χ3n) is 6.05. The zero-order chi connectivity index (χ0) is 23.8. The van der Waals surface area contributed by atoms with E-state index in [1.54, 1.807) is 38.1 Å². The predicted molar refractivity (Wildman–Crippen MR) is 121 cm³/mol. The molecule has 2 aromatic rings. The summed E-state index contributed by atoms with van der Waals surface area (Å²) < 4.78 is 17.0. The molecule has 1 saturated heterocycles. The minimum atomic E-state index is -1.01. The van der Waals surface area contributed by atoms with Gasteiger partial charge >= 0.3 is 11.6 Å². The monoisotopic (exact) mass is 453 g/mol. The zero-order valence-electron chi connectivity index (χ0n) is 18.9. The fraction of sp³-hybridized carbons (Fsp3) is 0.400. The van der Waals surface area contributed by atoms with E-state index in [2.05, 4.69) is 0 Å². The molecular weight excluding hydrogens is 426 g/mol. The number of likely N-dealkylation sites (tertiary alicyclic amines) is 1. The quantitative estimate of drug-likeness (QED) is 0.637. The number of carbonyl (C=O) groups excluding carboxylic acids is 1. The molecule has 1 aromatic heterocycles. The van der Waals surface area contributed by atoms with Crippen molar-refractivity contribution in [2.24, 2.45) is 0 Å². The second-order valence-electron chi connectivity index (χ2n) is 8.87. The zero-order valence-corrected chi connectivity index (χ0v) is 18.9. The lowest BCUT2D eigenvalue weighted by atomic mass is 9.97. The smallest absolute Gasteiger partial charge is 0.336 e. The van der Waals surface area contributed by atoms with Crippen molar-refractivity contribution in [1.29, 1.82) is 0 Å². The number of rotatable bonds is 7. The lowest BCUT2D eigenvalue weighted by molar-refractivity contribution is -0.142. The number of ketones is 1. The molecule has 0 unspecified atom stereocenters. The fourth-order valence-corrected chi connectivity index (χ4v) is 4.28. The summed E-state index contributed by atoms with van der Waals surface area (Å²) in [5.41, 5.74) is 0.241. The van der Waals surface area contributed by atoms with Crippen LogP contribution in [0, 0.1) is 0 Å². The number of hydrogen-bond acceptors (Lipinski definition) is 7. The number of carbonyl (C=O) groups is 2. The number of Topliss-reactive ketones (excluding diaryl/α,β-unsaturated/α-hetero) is 1. The summed E-state index contributed by atoms with van der Waals surface area (Å²) in [4.78, 5) is 37.8. The third-order valence-corrected chi connectivity index (χ3v) is 6.05. The maximum atomic E-state index is 13.0. The van der Waals surface area contributed by atoms with E-state index in [-0.39, 0.29) is 18.9 Å². The Morgan fingerprint density at radius 2 is 2.03 bits per heavy atom. The summed E-state index contributed by atoms with van der Waals surface area (Å²) in [6.07, 6.45) is 3.17. The van der Waals surface area contributed by atoms with Gasteiger partial charge in [0.2, 0.25) is 5.78 Å². The molecule has 0 saturated carbocycles. The largest absolute Gasteiger partial charge is 0.489 e. The first kappa shape index (κ1) is 22.8. The lowest BCUT2D eigenvalue weighted by Gasteiger charge is -2.21. The average Bonchev–Trinajstić information content (AvgIpc) is 3.32. The van der Waals surface area contributed by atoms with Crippen LogP contribution >= 0.6 is 0 Å². The topological polar surface area (TPSA) is 106 Å². The van der Waals surface area contributed by atoms with Crippen LogP contribution in [0.4, 0.5) is 0 Å². The molecule has 1 N–H and O–H groups in total. The average molecular weight is 453 g/mol. The number of nitrogens with zero attached hydrogens (tertiary/aromatic N) is 1. The van der Waals surface area contributed by atoms with E-state index in [1.165, 1.54) is 6.07 Å². The molecule has 1 atom stereocenters. The molecule has 1 fully saturated rings. The Balaban J connectivity index is 1.52. The number of aliphatic carboxylic acids is 1. The van der Waals surface area contributed by atoms with Crippen LogP contribution < -0.4 is 10.4 Å². The van der Waals surface area contributed by atoms with Crippen LogP contribution in [-0.2, 0) is 14.3 Å². The fourth-order valence-electron chi connectivity index (χ4n) is 4.28. The predicted octanol–water partition coefficient (Wildman–Crippen LogP) is 3.30. The highest BCUT2D eigenvalue weighted by molar-refractivity contribution is 6.04. The Morgan fingerprint density at radius 1 is 1.27 bits per heavy atom. The molecule has 0 amide bonds. The van der Waals surface area contributed by atoms with Crippen LogP contribution in [0.15, 0.2) is 62.5 Å². The van der Waals surface area contributed by atoms with Gasteiger partial charge in [0.1, 0.15) is 29.7 Å². The third kappa shape index (κ3) is 4.71. The number of carboxylic acid groups (broad SMARTS) is 1. The van der Waals surface area contributed by atoms with Gasteiger partial charge in [-0.15, -0.1) is 0 Å². The van der Waals surface area contributed by atoms with Gasteiger partial charge in [-0.3, -0.25) is 14.5 Å². The van der Waals surface area contributed by atoms with E-state index < -0.39 is 23.2 Å². The molecule has 174 valence electrons.